The summed E-state index contributed by atoms with van der Waals surface area (Å²) in [4.78, 5) is 15.5. The minimum Gasteiger partial charge on any atom is -0.456 e. The highest BCUT2D eigenvalue weighted by molar-refractivity contribution is 6.15. The van der Waals surface area contributed by atoms with Gasteiger partial charge in [-0.25, -0.2) is 15.0 Å². The summed E-state index contributed by atoms with van der Waals surface area (Å²) in [6.45, 7) is 2.23. The minimum absolute atomic E-state index is 0.585. The van der Waals surface area contributed by atoms with Gasteiger partial charge in [0.05, 0.1) is 0 Å². The lowest BCUT2D eigenvalue weighted by molar-refractivity contribution is 0.668. The molecule has 3 aromatic heterocycles. The lowest BCUT2D eigenvalue weighted by Crippen LogP contribution is -2.00. The molecular formula is C53H37N3O2. The molecule has 8 aromatic carbocycles. The van der Waals surface area contributed by atoms with Gasteiger partial charge in [-0.15, -0.1) is 0 Å². The van der Waals surface area contributed by atoms with Crippen molar-refractivity contribution in [3.8, 4) is 56.4 Å². The number of furan rings is 2. The van der Waals surface area contributed by atoms with Gasteiger partial charge in [0.2, 0.25) is 0 Å². The molecule has 0 aliphatic heterocycles. The number of hydrogen-bond acceptors (Lipinski definition) is 5. The van der Waals surface area contributed by atoms with Crippen LogP contribution in [0.3, 0.4) is 0 Å². The molecule has 0 N–H and O–H groups in total. The zero-order valence-electron chi connectivity index (χ0n) is 31.9. The van der Waals surface area contributed by atoms with E-state index in [1.54, 1.807) is 0 Å². The summed E-state index contributed by atoms with van der Waals surface area (Å²) in [6, 6.07) is 59.2. The third-order valence-electron chi connectivity index (χ3n) is 11.3. The lowest BCUT2D eigenvalue weighted by Gasteiger charge is -2.11. The molecule has 0 saturated carbocycles. The molecule has 0 bridgehead atoms. The largest absolute Gasteiger partial charge is 0.456 e. The number of fused-ring (bicyclic) bond motifs is 7. The van der Waals surface area contributed by atoms with Gasteiger partial charge < -0.3 is 8.83 Å². The number of aryl methyl sites for hydroxylation is 1. The number of unbranched alkanes of at least 4 members (excludes halogenated alkanes) is 1. The topological polar surface area (TPSA) is 65.0 Å². The molecule has 276 valence electrons. The van der Waals surface area contributed by atoms with E-state index in [0.29, 0.717) is 17.5 Å². The average molecular weight is 748 g/mol. The predicted octanol–water partition coefficient (Wildman–Crippen LogP) is 14.5. The van der Waals surface area contributed by atoms with E-state index in [1.165, 1.54) is 29.4 Å². The van der Waals surface area contributed by atoms with Gasteiger partial charge in [0, 0.05) is 43.8 Å². The maximum atomic E-state index is 6.73. The van der Waals surface area contributed by atoms with Crippen molar-refractivity contribution in [3.05, 3.63) is 175 Å². The SMILES string of the molecule is CCCCc1ccc(-c2ccc(-c3nc(-c4ccc5ccccc5c4)nc(-c4cccc5oc6c(-c7ccc8c(c7)oc7ccccc78)cccc6c45)n3)cc2)cc1. The summed E-state index contributed by atoms with van der Waals surface area (Å²) in [5, 5.41) is 6.45. The van der Waals surface area contributed by atoms with Gasteiger partial charge in [-0.05, 0) is 76.2 Å². The monoisotopic (exact) mass is 747 g/mol. The first-order valence-corrected chi connectivity index (χ1v) is 20.0. The van der Waals surface area contributed by atoms with Gasteiger partial charge in [-0.1, -0.05) is 153 Å². The molecule has 11 aromatic rings. The maximum Gasteiger partial charge on any atom is 0.164 e. The second-order valence-electron chi connectivity index (χ2n) is 15.0. The molecule has 0 radical (unpaired) electrons. The Labute approximate surface area is 335 Å². The molecule has 0 fully saturated rings. The number of rotatable bonds is 8. The van der Waals surface area contributed by atoms with Crippen LogP contribution in [0.1, 0.15) is 25.3 Å². The Balaban J connectivity index is 1.05. The van der Waals surface area contributed by atoms with E-state index in [9.17, 15) is 0 Å². The Morgan fingerprint density at radius 2 is 1.03 bits per heavy atom. The van der Waals surface area contributed by atoms with Crippen LogP contribution in [0.5, 0.6) is 0 Å². The van der Waals surface area contributed by atoms with E-state index in [1.807, 2.05) is 30.3 Å². The first-order valence-electron chi connectivity index (χ1n) is 20.0. The fourth-order valence-electron chi connectivity index (χ4n) is 8.29. The quantitative estimate of drug-likeness (QED) is 0.155. The van der Waals surface area contributed by atoms with Crippen molar-refractivity contribution in [1.29, 1.82) is 0 Å². The van der Waals surface area contributed by atoms with Crippen molar-refractivity contribution in [1.82, 2.24) is 15.0 Å². The van der Waals surface area contributed by atoms with Crippen molar-refractivity contribution in [3.63, 3.8) is 0 Å². The van der Waals surface area contributed by atoms with Crippen LogP contribution < -0.4 is 0 Å². The maximum absolute atomic E-state index is 6.73. The van der Waals surface area contributed by atoms with Gasteiger partial charge in [0.1, 0.15) is 22.3 Å². The van der Waals surface area contributed by atoms with Crippen molar-refractivity contribution >= 4 is 54.6 Å². The van der Waals surface area contributed by atoms with Crippen LogP contribution in [0.25, 0.3) is 111 Å². The summed E-state index contributed by atoms with van der Waals surface area (Å²) in [7, 11) is 0. The normalized spacial score (nSPS) is 11.7. The van der Waals surface area contributed by atoms with Crippen LogP contribution in [-0.4, -0.2) is 15.0 Å². The molecule has 58 heavy (non-hydrogen) atoms. The Bertz CT molecular complexity index is 3320. The van der Waals surface area contributed by atoms with Crippen LogP contribution in [0, 0.1) is 0 Å². The number of benzene rings is 8. The van der Waals surface area contributed by atoms with E-state index >= 15 is 0 Å². The number of aromatic nitrogens is 3. The smallest absolute Gasteiger partial charge is 0.164 e. The molecule has 0 aliphatic rings. The molecular weight excluding hydrogens is 711 g/mol. The van der Waals surface area contributed by atoms with E-state index in [4.69, 9.17) is 23.8 Å². The highest BCUT2D eigenvalue weighted by Crippen LogP contribution is 2.42. The Morgan fingerprint density at radius 3 is 1.88 bits per heavy atom. The summed E-state index contributed by atoms with van der Waals surface area (Å²) < 4.78 is 13.0. The number of nitrogens with zero attached hydrogens (tertiary/aromatic N) is 3. The Hall–Kier alpha value is -7.37. The van der Waals surface area contributed by atoms with Gasteiger partial charge in [-0.2, -0.15) is 0 Å². The molecule has 0 aliphatic carbocycles. The second-order valence-corrected chi connectivity index (χ2v) is 15.0. The summed E-state index contributed by atoms with van der Waals surface area (Å²) >= 11 is 0. The standard InChI is InChI=1S/C53H37N3O2/c1-2-3-10-33-19-21-35(22-20-33)36-23-26-37(27-24-36)51-54-52(40-28-25-34-11-4-5-12-38(34)31-40)56-53(55-51)45-16-9-18-47-49(45)44-15-8-14-41(50(44)58-47)39-29-30-43-42-13-6-7-17-46(42)57-48(43)32-39/h4-9,11-32H,2-3,10H2,1H3. The molecule has 0 saturated heterocycles. The van der Waals surface area contributed by atoms with Crippen molar-refractivity contribution in [2.45, 2.75) is 26.2 Å². The zero-order chi connectivity index (χ0) is 38.6. The van der Waals surface area contributed by atoms with Crippen LogP contribution >= 0.6 is 0 Å². The predicted molar refractivity (Wildman–Crippen MR) is 238 cm³/mol. The molecule has 5 heteroatoms. The molecule has 0 amide bonds. The highest BCUT2D eigenvalue weighted by atomic mass is 16.3. The summed E-state index contributed by atoms with van der Waals surface area (Å²) in [6.07, 6.45) is 3.51. The van der Waals surface area contributed by atoms with Crippen LogP contribution in [0.4, 0.5) is 0 Å². The summed E-state index contributed by atoms with van der Waals surface area (Å²) in [5.74, 6) is 1.81. The second kappa shape index (κ2) is 14.0. The fraction of sp³-hybridized carbons (Fsp3) is 0.0755. The van der Waals surface area contributed by atoms with Crippen molar-refractivity contribution in [2.75, 3.05) is 0 Å². The van der Waals surface area contributed by atoms with Gasteiger partial charge >= 0.3 is 0 Å². The minimum atomic E-state index is 0.585. The zero-order valence-corrected chi connectivity index (χ0v) is 31.9. The molecule has 11 rings (SSSR count). The lowest BCUT2D eigenvalue weighted by atomic mass is 9.99. The van der Waals surface area contributed by atoms with Crippen LogP contribution in [-0.2, 0) is 6.42 Å². The first-order chi connectivity index (χ1) is 28.7. The number of para-hydroxylation sites is 2. The van der Waals surface area contributed by atoms with Gasteiger partial charge in [0.15, 0.2) is 17.5 Å². The molecule has 3 heterocycles. The third-order valence-corrected chi connectivity index (χ3v) is 11.3. The number of hydrogen-bond donors (Lipinski definition) is 0. The Kier molecular flexibility index (Phi) is 8.18. The molecule has 0 unspecified atom stereocenters. The van der Waals surface area contributed by atoms with Gasteiger partial charge in [-0.3, -0.25) is 0 Å². The van der Waals surface area contributed by atoms with Crippen LogP contribution in [0.15, 0.2) is 179 Å². The van der Waals surface area contributed by atoms with Crippen molar-refractivity contribution < 1.29 is 8.83 Å². The van der Waals surface area contributed by atoms with Crippen LogP contribution in [0.2, 0.25) is 0 Å². The van der Waals surface area contributed by atoms with E-state index in [2.05, 4.69) is 146 Å². The average Bonchev–Trinajstić information content (AvgIpc) is 3.86. The Morgan fingerprint density at radius 1 is 0.414 bits per heavy atom. The van der Waals surface area contributed by atoms with E-state index in [-0.39, 0.29) is 0 Å². The van der Waals surface area contributed by atoms with Gasteiger partial charge in [0.25, 0.3) is 0 Å². The van der Waals surface area contributed by atoms with E-state index in [0.717, 1.165) is 89.1 Å². The van der Waals surface area contributed by atoms with Crippen molar-refractivity contribution in [2.24, 2.45) is 0 Å². The van der Waals surface area contributed by atoms with E-state index < -0.39 is 0 Å². The molecule has 0 spiro atoms. The highest BCUT2D eigenvalue weighted by Gasteiger charge is 2.20. The summed E-state index contributed by atoms with van der Waals surface area (Å²) in [5.41, 5.74) is 11.8. The fourth-order valence-corrected chi connectivity index (χ4v) is 8.29. The molecule has 0 atom stereocenters. The third kappa shape index (κ3) is 5.91. The molecule has 5 nitrogen and oxygen atoms in total. The first kappa shape index (κ1) is 33.9.